The second kappa shape index (κ2) is 6.65. The molecule has 1 saturated heterocycles. The summed E-state index contributed by atoms with van der Waals surface area (Å²) in [6, 6.07) is 3.55. The average molecular weight is 352 g/mol. The van der Waals surface area contributed by atoms with E-state index in [1.807, 2.05) is 13.0 Å². The molecule has 2 aliphatic heterocycles. The number of allylic oxidation sites excluding steroid dienone is 2. The molecule has 0 radical (unpaired) electrons. The molecule has 1 fully saturated rings. The maximum Gasteiger partial charge on any atom is 0.416 e. The van der Waals surface area contributed by atoms with Crippen LogP contribution < -0.4 is 0 Å². The van der Waals surface area contributed by atoms with Gasteiger partial charge >= 0.3 is 6.18 Å². The number of benzene rings is 1. The highest BCUT2D eigenvalue weighted by Crippen LogP contribution is 2.41. The Labute approximate surface area is 143 Å². The molecule has 25 heavy (non-hydrogen) atoms. The van der Waals surface area contributed by atoms with Crippen molar-refractivity contribution in [2.75, 3.05) is 6.54 Å². The summed E-state index contributed by atoms with van der Waals surface area (Å²) in [6.07, 6.45) is 1.26. The Balaban J connectivity index is 2.11. The molecule has 1 aromatic rings. The number of carbonyl (C=O) groups excluding carboxylic acids is 1. The summed E-state index contributed by atoms with van der Waals surface area (Å²) >= 11 is 0. The Morgan fingerprint density at radius 1 is 1.28 bits per heavy atom. The van der Waals surface area contributed by atoms with Crippen molar-refractivity contribution < 1.29 is 23.2 Å². The third kappa shape index (κ3) is 3.09. The second-order valence-corrected chi connectivity index (χ2v) is 6.13. The van der Waals surface area contributed by atoms with Crippen LogP contribution in [0, 0.1) is 0 Å². The smallest absolute Gasteiger partial charge is 0.347 e. The average Bonchev–Trinajstić information content (AvgIpc) is 2.58. The van der Waals surface area contributed by atoms with Crippen LogP contribution in [0.3, 0.4) is 0 Å². The van der Waals surface area contributed by atoms with E-state index < -0.39 is 29.7 Å². The lowest BCUT2D eigenvalue weighted by Crippen LogP contribution is -2.57. The third-order valence-electron chi connectivity index (χ3n) is 4.54. The molecule has 7 heteroatoms. The van der Waals surface area contributed by atoms with Crippen molar-refractivity contribution in [2.45, 2.75) is 38.1 Å². The fraction of sp³-hybridized carbons (Fsp3) is 0.389. The number of hydrogen-bond donors (Lipinski definition) is 1. The van der Waals surface area contributed by atoms with Crippen LogP contribution in [0.5, 0.6) is 0 Å². The van der Waals surface area contributed by atoms with Crippen molar-refractivity contribution in [2.24, 2.45) is 0 Å². The van der Waals surface area contributed by atoms with Gasteiger partial charge in [-0.2, -0.15) is 18.2 Å². The highest BCUT2D eigenvalue weighted by atomic mass is 19.4. The molecule has 1 N–H and O–H groups in total. The monoisotopic (exact) mass is 352 g/mol. The molecule has 0 aromatic heterocycles. The molecule has 2 aliphatic rings. The summed E-state index contributed by atoms with van der Waals surface area (Å²) in [5.41, 5.74) is -0.782. The number of nitrogens with zero attached hydrogens (tertiary/aromatic N) is 2. The number of halogens is 3. The van der Waals surface area contributed by atoms with Gasteiger partial charge in [0.1, 0.15) is 12.2 Å². The van der Waals surface area contributed by atoms with E-state index in [4.69, 9.17) is 0 Å². The van der Waals surface area contributed by atoms with Crippen LogP contribution in [-0.4, -0.2) is 33.7 Å². The van der Waals surface area contributed by atoms with Crippen molar-refractivity contribution >= 4 is 5.78 Å². The number of alkyl halides is 3. The van der Waals surface area contributed by atoms with Crippen molar-refractivity contribution in [1.29, 1.82) is 0 Å². The maximum atomic E-state index is 13.4. The highest BCUT2D eigenvalue weighted by molar-refractivity contribution is 6.01. The first-order valence-corrected chi connectivity index (χ1v) is 8.17. The van der Waals surface area contributed by atoms with Crippen LogP contribution in [-0.2, 0) is 11.0 Å². The minimum Gasteiger partial charge on any atom is -0.347 e. The van der Waals surface area contributed by atoms with Gasteiger partial charge in [-0.15, -0.1) is 0 Å². The molecule has 0 aliphatic carbocycles. The molecule has 2 atom stereocenters. The lowest BCUT2D eigenvalue weighted by atomic mass is 9.90. The summed E-state index contributed by atoms with van der Waals surface area (Å²) in [6.45, 7) is 2.36. The van der Waals surface area contributed by atoms with Crippen molar-refractivity contribution in [3.63, 3.8) is 0 Å². The van der Waals surface area contributed by atoms with Gasteiger partial charge in [0.2, 0.25) is 5.78 Å². The maximum absolute atomic E-state index is 13.4. The van der Waals surface area contributed by atoms with Crippen LogP contribution in [0.2, 0.25) is 0 Å². The summed E-state index contributed by atoms with van der Waals surface area (Å²) in [5.74, 6) is -0.532. The Kier molecular flexibility index (Phi) is 4.71. The molecule has 0 saturated carbocycles. The zero-order valence-electron chi connectivity index (χ0n) is 13.7. The van der Waals surface area contributed by atoms with E-state index in [2.05, 4.69) is 0 Å². The van der Waals surface area contributed by atoms with Crippen molar-refractivity contribution in [3.05, 3.63) is 59.3 Å². The lowest BCUT2D eigenvalue weighted by molar-refractivity contribution is -0.212. The van der Waals surface area contributed by atoms with Gasteiger partial charge in [-0.05, 0) is 24.1 Å². The minimum absolute atomic E-state index is 0.223. The second-order valence-electron chi connectivity index (χ2n) is 6.13. The first-order chi connectivity index (χ1) is 11.9. The molecular formula is C18H19F3N2O2. The van der Waals surface area contributed by atoms with Gasteiger partial charge in [-0.3, -0.25) is 4.79 Å². The van der Waals surface area contributed by atoms with Gasteiger partial charge in [0.05, 0.1) is 11.3 Å². The molecule has 4 nitrogen and oxygen atoms in total. The first-order valence-electron chi connectivity index (χ1n) is 8.17. The van der Waals surface area contributed by atoms with Crippen LogP contribution in [0.15, 0.2) is 48.2 Å². The predicted octanol–water partition coefficient (Wildman–Crippen LogP) is 3.90. The number of fused-ring (bicyclic) bond motifs is 1. The number of Topliss-reactive ketones (excluding diaryl/α,β-unsaturated/α-hetero) is 1. The van der Waals surface area contributed by atoms with Gasteiger partial charge in [0.25, 0.3) is 0 Å². The molecule has 3 rings (SSSR count). The largest absolute Gasteiger partial charge is 0.416 e. The number of hydrogen-bond acceptors (Lipinski definition) is 4. The summed E-state index contributed by atoms with van der Waals surface area (Å²) in [5, 5.41) is 11.4. The number of ketones is 1. The van der Waals surface area contributed by atoms with Gasteiger partial charge in [-0.1, -0.05) is 43.7 Å². The Bertz CT molecular complexity index is 727. The molecule has 2 heterocycles. The first kappa shape index (κ1) is 17.7. The van der Waals surface area contributed by atoms with E-state index in [1.54, 1.807) is 17.1 Å². The normalized spacial score (nSPS) is 24.3. The Morgan fingerprint density at radius 2 is 2.00 bits per heavy atom. The summed E-state index contributed by atoms with van der Waals surface area (Å²) in [7, 11) is 0. The van der Waals surface area contributed by atoms with Gasteiger partial charge in [0, 0.05) is 6.54 Å². The van der Waals surface area contributed by atoms with Crippen LogP contribution in [0.4, 0.5) is 13.2 Å². The Hall–Kier alpha value is -2.12. The molecule has 0 amide bonds. The van der Waals surface area contributed by atoms with Gasteiger partial charge in [-0.25, -0.2) is 0 Å². The van der Waals surface area contributed by atoms with Crippen LogP contribution >= 0.6 is 0 Å². The van der Waals surface area contributed by atoms with Gasteiger partial charge < -0.3 is 10.1 Å². The predicted molar refractivity (Wildman–Crippen MR) is 85.4 cm³/mol. The van der Waals surface area contributed by atoms with E-state index >= 15 is 0 Å². The van der Waals surface area contributed by atoms with Crippen LogP contribution in [0.25, 0.3) is 0 Å². The SMILES string of the molecule is CCCC1N2CC=CC=C2C(=O)C(c2ccccc2C(F)(F)F)N1O. The standard InChI is InChI=1S/C18H19F3N2O2/c1-2-7-15-22-11-6-5-10-14(22)17(24)16(23(15)25)12-8-3-4-9-13(12)18(19,20)21/h3-6,8-10,15-16,25H,2,7,11H2,1H3. The minimum atomic E-state index is -4.60. The molecule has 0 spiro atoms. The number of carbonyl (C=O) groups is 1. The molecular weight excluding hydrogens is 333 g/mol. The zero-order chi connectivity index (χ0) is 18.2. The van der Waals surface area contributed by atoms with Gasteiger partial charge in [0.15, 0.2) is 0 Å². The third-order valence-corrected chi connectivity index (χ3v) is 4.54. The number of rotatable bonds is 3. The topological polar surface area (TPSA) is 43.8 Å². The summed E-state index contributed by atoms with van der Waals surface area (Å²) < 4.78 is 40.2. The molecule has 134 valence electrons. The quantitative estimate of drug-likeness (QED) is 0.896. The molecule has 2 unspecified atom stereocenters. The highest BCUT2D eigenvalue weighted by Gasteiger charge is 2.46. The van der Waals surface area contributed by atoms with E-state index in [-0.39, 0.29) is 5.56 Å². The van der Waals surface area contributed by atoms with E-state index in [9.17, 15) is 23.2 Å². The lowest BCUT2D eigenvalue weighted by Gasteiger charge is -2.47. The van der Waals surface area contributed by atoms with E-state index in [0.717, 1.165) is 17.6 Å². The Morgan fingerprint density at radius 3 is 2.68 bits per heavy atom. The number of hydroxylamine groups is 2. The van der Waals surface area contributed by atoms with E-state index in [1.165, 1.54) is 18.2 Å². The van der Waals surface area contributed by atoms with Crippen LogP contribution in [0.1, 0.15) is 36.9 Å². The van der Waals surface area contributed by atoms with Crippen molar-refractivity contribution in [1.82, 2.24) is 9.96 Å². The van der Waals surface area contributed by atoms with Crippen molar-refractivity contribution in [3.8, 4) is 0 Å². The molecule has 0 bridgehead atoms. The fourth-order valence-corrected chi connectivity index (χ4v) is 3.43. The summed E-state index contributed by atoms with van der Waals surface area (Å²) in [4.78, 5) is 14.6. The van der Waals surface area contributed by atoms with E-state index in [0.29, 0.717) is 18.7 Å². The molecule has 1 aromatic carbocycles. The zero-order valence-corrected chi connectivity index (χ0v) is 13.7. The fourth-order valence-electron chi connectivity index (χ4n) is 3.43.